The zero-order valence-corrected chi connectivity index (χ0v) is 11.5. The third kappa shape index (κ3) is 2.47. The van der Waals surface area contributed by atoms with Gasteiger partial charge in [0.25, 0.3) is 5.91 Å². The Kier molecular flexibility index (Phi) is 4.00. The van der Waals surface area contributed by atoms with E-state index in [0.717, 1.165) is 35.5 Å². The van der Waals surface area contributed by atoms with Crippen LogP contribution in [0.5, 0.6) is 0 Å². The zero-order valence-electron chi connectivity index (χ0n) is 9.11. The van der Waals surface area contributed by atoms with Crippen LogP contribution < -0.4 is 0 Å². The molecule has 1 aromatic rings. The zero-order chi connectivity index (χ0) is 11.5. The van der Waals surface area contributed by atoms with Crippen molar-refractivity contribution in [1.29, 1.82) is 0 Å². The predicted octanol–water partition coefficient (Wildman–Crippen LogP) is 2.62. The fourth-order valence-electron chi connectivity index (χ4n) is 1.98. The van der Waals surface area contributed by atoms with Crippen molar-refractivity contribution in [3.05, 3.63) is 20.8 Å². The van der Waals surface area contributed by atoms with Crippen molar-refractivity contribution in [1.82, 2.24) is 4.90 Å². The van der Waals surface area contributed by atoms with Crippen LogP contribution in [0.15, 0.2) is 15.9 Å². The van der Waals surface area contributed by atoms with Gasteiger partial charge in [-0.05, 0) is 33.8 Å². The lowest BCUT2D eigenvalue weighted by Gasteiger charge is -2.15. The fourth-order valence-corrected chi connectivity index (χ4v) is 3.49. The van der Waals surface area contributed by atoms with Gasteiger partial charge in [-0.3, -0.25) is 4.79 Å². The van der Waals surface area contributed by atoms with Gasteiger partial charge in [-0.2, -0.15) is 0 Å². The van der Waals surface area contributed by atoms with E-state index in [4.69, 9.17) is 4.74 Å². The van der Waals surface area contributed by atoms with E-state index in [1.165, 1.54) is 11.3 Å². The number of hydrogen-bond donors (Lipinski definition) is 0. The second kappa shape index (κ2) is 5.29. The summed E-state index contributed by atoms with van der Waals surface area (Å²) in [5.41, 5.74) is 0. The van der Waals surface area contributed by atoms with Crippen molar-refractivity contribution in [2.45, 2.75) is 6.42 Å². The smallest absolute Gasteiger partial charge is 0.265 e. The summed E-state index contributed by atoms with van der Waals surface area (Å²) in [6.07, 6.45) is 1.04. The maximum absolute atomic E-state index is 12.1. The van der Waals surface area contributed by atoms with Gasteiger partial charge in [-0.25, -0.2) is 0 Å². The molecule has 1 aromatic heterocycles. The standard InChI is InChI=1S/C11H14BrNO2S/c1-15-7-8-2-4-13(6-8)11(14)10-9(12)3-5-16-10/h3,5,8H,2,4,6-7H2,1H3. The van der Waals surface area contributed by atoms with Crippen LogP contribution in [-0.4, -0.2) is 37.6 Å². The maximum Gasteiger partial charge on any atom is 0.265 e. The summed E-state index contributed by atoms with van der Waals surface area (Å²) in [4.78, 5) is 14.9. The summed E-state index contributed by atoms with van der Waals surface area (Å²) in [5, 5.41) is 1.93. The molecule has 0 aromatic carbocycles. The highest BCUT2D eigenvalue weighted by Crippen LogP contribution is 2.26. The van der Waals surface area contributed by atoms with Gasteiger partial charge < -0.3 is 9.64 Å². The van der Waals surface area contributed by atoms with Gasteiger partial charge in [0.05, 0.1) is 6.61 Å². The molecule has 2 heterocycles. The number of rotatable bonds is 3. The normalized spacial score (nSPS) is 20.4. The second-order valence-corrected chi connectivity index (χ2v) is 5.73. The van der Waals surface area contributed by atoms with E-state index < -0.39 is 0 Å². The predicted molar refractivity (Wildman–Crippen MR) is 67.9 cm³/mol. The molecule has 1 unspecified atom stereocenters. The number of thiophene rings is 1. The first-order valence-corrected chi connectivity index (χ1v) is 6.91. The summed E-state index contributed by atoms with van der Waals surface area (Å²) < 4.78 is 6.02. The van der Waals surface area contributed by atoms with Crippen molar-refractivity contribution in [2.75, 3.05) is 26.8 Å². The Morgan fingerprint density at radius 1 is 1.75 bits per heavy atom. The van der Waals surface area contributed by atoms with Crippen LogP contribution in [0.3, 0.4) is 0 Å². The summed E-state index contributed by atoms with van der Waals surface area (Å²) in [6.45, 7) is 2.41. The van der Waals surface area contributed by atoms with Crippen molar-refractivity contribution in [3.63, 3.8) is 0 Å². The van der Waals surface area contributed by atoms with E-state index in [1.807, 2.05) is 16.3 Å². The molecule has 0 bridgehead atoms. The van der Waals surface area contributed by atoms with Gasteiger partial charge in [0.2, 0.25) is 0 Å². The minimum Gasteiger partial charge on any atom is -0.384 e. The van der Waals surface area contributed by atoms with Crippen LogP contribution in [0.25, 0.3) is 0 Å². The molecule has 1 aliphatic heterocycles. The van der Waals surface area contributed by atoms with E-state index in [0.29, 0.717) is 5.92 Å². The molecular formula is C11H14BrNO2S. The number of carbonyl (C=O) groups is 1. The molecule has 2 rings (SSSR count). The summed E-state index contributed by atoms with van der Waals surface area (Å²) in [7, 11) is 1.71. The first-order valence-electron chi connectivity index (χ1n) is 5.23. The van der Waals surface area contributed by atoms with Crippen LogP contribution >= 0.6 is 27.3 Å². The summed E-state index contributed by atoms with van der Waals surface area (Å²) in [5.74, 6) is 0.633. The lowest BCUT2D eigenvalue weighted by atomic mass is 10.1. The Morgan fingerprint density at radius 3 is 3.19 bits per heavy atom. The molecular weight excluding hydrogens is 290 g/mol. The second-order valence-electron chi connectivity index (χ2n) is 3.96. The fraction of sp³-hybridized carbons (Fsp3) is 0.545. The molecule has 5 heteroatoms. The number of amides is 1. The molecule has 1 atom stereocenters. The Morgan fingerprint density at radius 2 is 2.56 bits per heavy atom. The van der Waals surface area contributed by atoms with Crippen molar-refractivity contribution in [2.24, 2.45) is 5.92 Å². The number of methoxy groups -OCH3 is 1. The van der Waals surface area contributed by atoms with Gasteiger partial charge in [0.15, 0.2) is 0 Å². The van der Waals surface area contributed by atoms with Gasteiger partial charge in [-0.1, -0.05) is 0 Å². The first-order chi connectivity index (χ1) is 7.72. The Hall–Kier alpha value is -0.390. The number of hydrogen-bond acceptors (Lipinski definition) is 3. The van der Waals surface area contributed by atoms with E-state index in [-0.39, 0.29) is 5.91 Å². The first kappa shape index (κ1) is 12.1. The third-order valence-corrected chi connectivity index (χ3v) is 4.61. The highest BCUT2D eigenvalue weighted by molar-refractivity contribution is 9.10. The monoisotopic (exact) mass is 303 g/mol. The van der Waals surface area contributed by atoms with Gasteiger partial charge in [-0.15, -0.1) is 11.3 Å². The number of nitrogens with zero attached hydrogens (tertiary/aromatic N) is 1. The maximum atomic E-state index is 12.1. The van der Waals surface area contributed by atoms with Gasteiger partial charge >= 0.3 is 0 Å². The molecule has 1 fully saturated rings. The molecule has 1 aliphatic rings. The van der Waals surface area contributed by atoms with Crippen molar-refractivity contribution >= 4 is 33.2 Å². The van der Waals surface area contributed by atoms with Crippen LogP contribution in [0.2, 0.25) is 0 Å². The average molecular weight is 304 g/mol. The molecule has 0 aliphatic carbocycles. The largest absolute Gasteiger partial charge is 0.384 e. The molecule has 0 radical (unpaired) electrons. The number of ether oxygens (including phenoxy) is 1. The Balaban J connectivity index is 2.00. The molecule has 16 heavy (non-hydrogen) atoms. The van der Waals surface area contributed by atoms with Crippen LogP contribution in [0.4, 0.5) is 0 Å². The number of carbonyl (C=O) groups excluding carboxylic acids is 1. The average Bonchev–Trinajstić information content (AvgIpc) is 2.87. The van der Waals surface area contributed by atoms with Crippen LogP contribution in [-0.2, 0) is 4.74 Å². The highest BCUT2D eigenvalue weighted by Gasteiger charge is 2.28. The SMILES string of the molecule is COCC1CCN(C(=O)c2sccc2Br)C1. The minimum absolute atomic E-state index is 0.139. The van der Waals surface area contributed by atoms with E-state index in [2.05, 4.69) is 15.9 Å². The van der Waals surface area contributed by atoms with E-state index in [9.17, 15) is 4.79 Å². The Bertz CT molecular complexity index is 380. The van der Waals surface area contributed by atoms with Gasteiger partial charge in [0, 0.05) is 30.6 Å². The third-order valence-electron chi connectivity index (χ3n) is 2.79. The highest BCUT2D eigenvalue weighted by atomic mass is 79.9. The molecule has 3 nitrogen and oxygen atoms in total. The minimum atomic E-state index is 0.139. The number of likely N-dealkylation sites (tertiary alicyclic amines) is 1. The van der Waals surface area contributed by atoms with E-state index >= 15 is 0 Å². The summed E-state index contributed by atoms with van der Waals surface area (Å²) >= 11 is 4.89. The molecule has 1 amide bonds. The number of halogens is 1. The van der Waals surface area contributed by atoms with Gasteiger partial charge in [0.1, 0.15) is 4.88 Å². The topological polar surface area (TPSA) is 29.5 Å². The lowest BCUT2D eigenvalue weighted by Crippen LogP contribution is -2.28. The Labute approximate surface area is 108 Å². The van der Waals surface area contributed by atoms with Crippen LogP contribution in [0, 0.1) is 5.92 Å². The molecule has 1 saturated heterocycles. The molecule has 0 spiro atoms. The van der Waals surface area contributed by atoms with Crippen LogP contribution in [0.1, 0.15) is 16.1 Å². The molecule has 0 saturated carbocycles. The molecule has 0 N–H and O–H groups in total. The van der Waals surface area contributed by atoms with E-state index in [1.54, 1.807) is 7.11 Å². The quantitative estimate of drug-likeness (QED) is 0.859. The van der Waals surface area contributed by atoms with Crippen molar-refractivity contribution < 1.29 is 9.53 Å². The van der Waals surface area contributed by atoms with Crippen molar-refractivity contribution in [3.8, 4) is 0 Å². The molecule has 88 valence electrons. The lowest BCUT2D eigenvalue weighted by molar-refractivity contribution is 0.0779. The summed E-state index contributed by atoms with van der Waals surface area (Å²) in [6, 6.07) is 1.92.